The summed E-state index contributed by atoms with van der Waals surface area (Å²) in [5.41, 5.74) is 5.28. The highest BCUT2D eigenvalue weighted by Gasteiger charge is 2.19. The Kier molecular flexibility index (Phi) is 5.91. The van der Waals surface area contributed by atoms with E-state index in [0.717, 1.165) is 0 Å². The summed E-state index contributed by atoms with van der Waals surface area (Å²) in [6.45, 7) is 7.64. The zero-order valence-electron chi connectivity index (χ0n) is 10.9. The van der Waals surface area contributed by atoms with Crippen LogP contribution in [0.15, 0.2) is 5.16 Å². The smallest absolute Gasteiger partial charge is 0.211 e. The minimum atomic E-state index is -3.31. The molecule has 1 unspecified atom stereocenters. The van der Waals surface area contributed by atoms with Crippen LogP contribution in [0.25, 0.3) is 0 Å². The Hall–Kier alpha value is -0.820. The van der Waals surface area contributed by atoms with Crippen LogP contribution < -0.4 is 10.5 Å². The number of hydrogen-bond acceptors (Lipinski definition) is 4. The Morgan fingerprint density at radius 3 is 2.41 bits per heavy atom. The van der Waals surface area contributed by atoms with E-state index >= 15 is 0 Å². The zero-order valence-corrected chi connectivity index (χ0v) is 11.7. The van der Waals surface area contributed by atoms with Crippen molar-refractivity contribution in [1.29, 1.82) is 0 Å². The highest BCUT2D eigenvalue weighted by Crippen LogP contribution is 2.19. The molecule has 4 N–H and O–H groups in total. The maximum absolute atomic E-state index is 11.7. The summed E-state index contributed by atoms with van der Waals surface area (Å²) in [4.78, 5) is 0. The third-order valence-corrected chi connectivity index (χ3v) is 3.65. The van der Waals surface area contributed by atoms with Gasteiger partial charge in [0.2, 0.25) is 10.0 Å². The molecule has 0 aromatic heterocycles. The highest BCUT2D eigenvalue weighted by molar-refractivity contribution is 7.89. The van der Waals surface area contributed by atoms with Gasteiger partial charge in [0.1, 0.15) is 5.84 Å². The molecule has 0 bridgehead atoms. The SMILES string of the molecule is CC(CC(N)=NO)NS(=O)(=O)CCC(C)(C)C. The summed E-state index contributed by atoms with van der Waals surface area (Å²) in [5.74, 6) is 0.0906. The van der Waals surface area contributed by atoms with E-state index in [9.17, 15) is 8.42 Å². The fraction of sp³-hybridized carbons (Fsp3) is 0.900. The maximum atomic E-state index is 11.7. The van der Waals surface area contributed by atoms with Crippen LogP contribution in [0.3, 0.4) is 0 Å². The molecule has 0 aliphatic rings. The van der Waals surface area contributed by atoms with Gasteiger partial charge in [-0.3, -0.25) is 0 Å². The monoisotopic (exact) mass is 265 g/mol. The van der Waals surface area contributed by atoms with Gasteiger partial charge in [0, 0.05) is 12.5 Å². The van der Waals surface area contributed by atoms with Gasteiger partial charge in [0.15, 0.2) is 0 Å². The predicted octanol–water partition coefficient (Wildman–Crippen LogP) is 0.867. The summed E-state index contributed by atoms with van der Waals surface area (Å²) in [5, 5.41) is 11.2. The maximum Gasteiger partial charge on any atom is 0.211 e. The van der Waals surface area contributed by atoms with Gasteiger partial charge in [-0.2, -0.15) is 0 Å². The van der Waals surface area contributed by atoms with Gasteiger partial charge in [-0.15, -0.1) is 0 Å². The molecule has 7 heteroatoms. The third-order valence-electron chi connectivity index (χ3n) is 2.15. The Balaban J connectivity index is 4.27. The molecule has 0 aromatic carbocycles. The minimum Gasteiger partial charge on any atom is -0.409 e. The lowest BCUT2D eigenvalue weighted by atomic mass is 9.94. The van der Waals surface area contributed by atoms with E-state index in [1.165, 1.54) is 0 Å². The Bertz CT molecular complexity index is 357. The standard InChI is InChI=1S/C10H23N3O3S/c1-8(7-9(11)12-14)13-17(15,16)6-5-10(2,3)4/h8,13-14H,5-7H2,1-4H3,(H2,11,12). The second-order valence-corrected chi connectivity index (χ2v) is 7.32. The molecule has 0 aliphatic heterocycles. The second kappa shape index (κ2) is 6.20. The molecule has 102 valence electrons. The van der Waals surface area contributed by atoms with E-state index in [1.54, 1.807) is 6.92 Å². The number of nitrogens with zero attached hydrogens (tertiary/aromatic N) is 1. The van der Waals surface area contributed by atoms with E-state index in [1.807, 2.05) is 20.8 Å². The molecule has 1 atom stereocenters. The quantitative estimate of drug-likeness (QED) is 0.287. The minimum absolute atomic E-state index is 0.0102. The first kappa shape index (κ1) is 16.2. The number of oxime groups is 1. The number of sulfonamides is 1. The van der Waals surface area contributed by atoms with Gasteiger partial charge >= 0.3 is 0 Å². The lowest BCUT2D eigenvalue weighted by Gasteiger charge is -2.19. The van der Waals surface area contributed by atoms with Crippen molar-refractivity contribution in [3.63, 3.8) is 0 Å². The highest BCUT2D eigenvalue weighted by atomic mass is 32.2. The topological polar surface area (TPSA) is 105 Å². The number of hydrogen-bond donors (Lipinski definition) is 3. The molecule has 6 nitrogen and oxygen atoms in total. The Morgan fingerprint density at radius 1 is 1.47 bits per heavy atom. The molecular weight excluding hydrogens is 242 g/mol. The van der Waals surface area contributed by atoms with Crippen LogP contribution in [0.1, 0.15) is 40.5 Å². The molecule has 0 heterocycles. The van der Waals surface area contributed by atoms with E-state index in [-0.39, 0.29) is 29.5 Å². The summed E-state index contributed by atoms with van der Waals surface area (Å²) in [6, 6.07) is -0.379. The molecule has 17 heavy (non-hydrogen) atoms. The number of rotatable bonds is 6. The second-order valence-electron chi connectivity index (χ2n) is 5.44. The lowest BCUT2D eigenvalue weighted by Crippen LogP contribution is -2.37. The van der Waals surface area contributed by atoms with Gasteiger partial charge in [0.05, 0.1) is 5.75 Å². The van der Waals surface area contributed by atoms with Gasteiger partial charge in [-0.1, -0.05) is 25.9 Å². The first-order valence-corrected chi connectivity index (χ1v) is 7.17. The average molecular weight is 265 g/mol. The van der Waals surface area contributed by atoms with E-state index in [4.69, 9.17) is 10.9 Å². The average Bonchev–Trinajstić information content (AvgIpc) is 2.12. The van der Waals surface area contributed by atoms with Crippen molar-refractivity contribution in [2.45, 2.75) is 46.6 Å². The van der Waals surface area contributed by atoms with Crippen molar-refractivity contribution >= 4 is 15.9 Å². The van der Waals surface area contributed by atoms with Gasteiger partial charge in [-0.25, -0.2) is 13.1 Å². The summed E-state index contributed by atoms with van der Waals surface area (Å²) in [6.07, 6.45) is 0.768. The summed E-state index contributed by atoms with van der Waals surface area (Å²) >= 11 is 0. The Labute approximate surface area is 103 Å². The molecule has 0 fully saturated rings. The van der Waals surface area contributed by atoms with Crippen molar-refractivity contribution in [1.82, 2.24) is 4.72 Å². The van der Waals surface area contributed by atoms with Crippen molar-refractivity contribution in [3.05, 3.63) is 0 Å². The van der Waals surface area contributed by atoms with Gasteiger partial charge in [0.25, 0.3) is 0 Å². The van der Waals surface area contributed by atoms with E-state index in [2.05, 4.69) is 9.88 Å². The number of nitrogens with one attached hydrogen (secondary N) is 1. The first-order chi connectivity index (χ1) is 7.56. The zero-order chi connectivity index (χ0) is 13.7. The molecule has 0 saturated heterocycles. The lowest BCUT2D eigenvalue weighted by molar-refractivity contribution is 0.316. The summed E-state index contributed by atoms with van der Waals surface area (Å²) in [7, 11) is -3.31. The van der Waals surface area contributed by atoms with Gasteiger partial charge < -0.3 is 10.9 Å². The molecule has 0 amide bonds. The van der Waals surface area contributed by atoms with Crippen molar-refractivity contribution in [3.8, 4) is 0 Å². The van der Waals surface area contributed by atoms with Crippen molar-refractivity contribution in [2.75, 3.05) is 5.75 Å². The normalized spacial score (nSPS) is 15.9. The van der Waals surface area contributed by atoms with Crippen molar-refractivity contribution < 1.29 is 13.6 Å². The van der Waals surface area contributed by atoms with Gasteiger partial charge in [-0.05, 0) is 18.8 Å². The van der Waals surface area contributed by atoms with Crippen LogP contribution in [0, 0.1) is 5.41 Å². The van der Waals surface area contributed by atoms with Crippen LogP contribution in [-0.2, 0) is 10.0 Å². The van der Waals surface area contributed by atoms with Crippen LogP contribution in [-0.4, -0.2) is 31.3 Å². The summed E-state index contributed by atoms with van der Waals surface area (Å²) < 4.78 is 25.9. The van der Waals surface area contributed by atoms with E-state index < -0.39 is 10.0 Å². The molecule has 0 radical (unpaired) electrons. The third kappa shape index (κ3) is 8.93. The molecule has 0 aliphatic carbocycles. The predicted molar refractivity (Wildman–Crippen MR) is 68.5 cm³/mol. The molecule has 0 aromatic rings. The van der Waals surface area contributed by atoms with Crippen LogP contribution in [0.5, 0.6) is 0 Å². The Morgan fingerprint density at radius 2 is 2.00 bits per heavy atom. The van der Waals surface area contributed by atoms with Crippen LogP contribution in [0.2, 0.25) is 0 Å². The molecule has 0 spiro atoms. The van der Waals surface area contributed by atoms with Crippen LogP contribution >= 0.6 is 0 Å². The molecule has 0 saturated carbocycles. The fourth-order valence-corrected chi connectivity index (χ4v) is 2.90. The number of nitrogens with two attached hydrogens (primary N) is 1. The number of amidine groups is 1. The molecule has 0 rings (SSSR count). The largest absolute Gasteiger partial charge is 0.409 e. The fourth-order valence-electron chi connectivity index (χ4n) is 1.20. The molecular formula is C10H23N3O3S. The van der Waals surface area contributed by atoms with Crippen LogP contribution in [0.4, 0.5) is 0 Å². The first-order valence-electron chi connectivity index (χ1n) is 5.52. The van der Waals surface area contributed by atoms with Crippen molar-refractivity contribution in [2.24, 2.45) is 16.3 Å². The van der Waals surface area contributed by atoms with E-state index in [0.29, 0.717) is 6.42 Å².